The number of hydrogen-bond acceptors (Lipinski definition) is 4. The molecule has 6 nitrogen and oxygen atoms in total. The minimum absolute atomic E-state index is 0.00179. The van der Waals surface area contributed by atoms with Crippen molar-refractivity contribution in [2.24, 2.45) is 0 Å². The molecule has 2 N–H and O–H groups in total. The number of nitrogens with zero attached hydrogens (tertiary/aromatic N) is 1. The summed E-state index contributed by atoms with van der Waals surface area (Å²) in [5.41, 5.74) is 1.65. The molecule has 128 valence electrons. The number of nitrogens with one attached hydrogen (secondary N) is 1. The number of benzene rings is 2. The Bertz CT molecular complexity index is 864. The molecule has 7 heteroatoms. The minimum Gasteiger partial charge on any atom is -0.478 e. The van der Waals surface area contributed by atoms with Gasteiger partial charge in [0.05, 0.1) is 17.7 Å². The minimum atomic E-state index is -1.11. The maximum atomic E-state index is 12.7. The Morgan fingerprint density at radius 1 is 1.20 bits per heavy atom. The summed E-state index contributed by atoms with van der Waals surface area (Å²) < 4.78 is 0. The Labute approximate surface area is 149 Å². The van der Waals surface area contributed by atoms with E-state index in [0.717, 1.165) is 4.90 Å². The van der Waals surface area contributed by atoms with Crippen LogP contribution in [0, 0.1) is 6.92 Å². The van der Waals surface area contributed by atoms with Crippen LogP contribution < -0.4 is 10.2 Å². The Hall–Kier alpha value is -2.86. The molecule has 1 aliphatic rings. The average Bonchev–Trinajstić information content (AvgIpc) is 2.84. The summed E-state index contributed by atoms with van der Waals surface area (Å²) in [5, 5.41) is 12.7. The lowest BCUT2D eigenvalue weighted by Crippen LogP contribution is -2.35. The van der Waals surface area contributed by atoms with E-state index in [1.807, 2.05) is 0 Å². The molecule has 0 unspecified atom stereocenters. The summed E-state index contributed by atoms with van der Waals surface area (Å²) in [5.74, 6) is -1.90. The monoisotopic (exact) mass is 358 g/mol. The van der Waals surface area contributed by atoms with Crippen LogP contribution >= 0.6 is 11.6 Å². The number of carbonyl (C=O) groups is 3. The van der Waals surface area contributed by atoms with Gasteiger partial charge >= 0.3 is 5.97 Å². The molecular formula is C18H15ClN2O4. The quantitative estimate of drug-likeness (QED) is 0.820. The standard InChI is InChI=1S/C18H15ClN2O4/c1-10-2-3-11(18(24)25)8-15(10)21-16(22)9-14(17(21)23)20-13-6-4-12(19)5-7-13/h2-8,14,20H,9H2,1H3,(H,24,25)/t14-/m0/s1. The van der Waals surface area contributed by atoms with Crippen molar-refractivity contribution in [2.45, 2.75) is 19.4 Å². The molecular weight excluding hydrogens is 344 g/mol. The van der Waals surface area contributed by atoms with E-state index in [0.29, 0.717) is 22.0 Å². The number of carboxylic acid groups (broad SMARTS) is 1. The van der Waals surface area contributed by atoms with Crippen LogP contribution in [0.3, 0.4) is 0 Å². The molecule has 25 heavy (non-hydrogen) atoms. The lowest BCUT2D eigenvalue weighted by molar-refractivity contribution is -0.121. The first-order valence-electron chi connectivity index (χ1n) is 7.59. The Balaban J connectivity index is 1.88. The molecule has 0 radical (unpaired) electrons. The molecule has 1 atom stereocenters. The molecule has 2 amide bonds. The third-order valence-electron chi connectivity index (χ3n) is 4.03. The highest BCUT2D eigenvalue weighted by molar-refractivity contribution is 6.30. The van der Waals surface area contributed by atoms with Crippen molar-refractivity contribution in [3.63, 3.8) is 0 Å². The maximum absolute atomic E-state index is 12.7. The van der Waals surface area contributed by atoms with E-state index in [1.54, 1.807) is 37.3 Å². The molecule has 2 aromatic carbocycles. The predicted molar refractivity (Wildman–Crippen MR) is 94.1 cm³/mol. The summed E-state index contributed by atoms with van der Waals surface area (Å²) >= 11 is 5.84. The summed E-state index contributed by atoms with van der Waals surface area (Å²) in [6.45, 7) is 1.72. The van der Waals surface area contributed by atoms with Crippen LogP contribution in [0.1, 0.15) is 22.3 Å². The normalized spacial score (nSPS) is 17.0. The van der Waals surface area contributed by atoms with Gasteiger partial charge in [0.1, 0.15) is 6.04 Å². The molecule has 1 fully saturated rings. The number of aromatic carboxylic acids is 1. The first kappa shape index (κ1) is 17.0. The molecule has 0 aromatic heterocycles. The van der Waals surface area contributed by atoms with Crippen molar-refractivity contribution in [1.82, 2.24) is 0 Å². The van der Waals surface area contributed by atoms with Crippen LogP contribution in [-0.4, -0.2) is 28.9 Å². The van der Waals surface area contributed by atoms with E-state index in [2.05, 4.69) is 5.32 Å². The number of aryl methyl sites for hydroxylation is 1. The topological polar surface area (TPSA) is 86.7 Å². The predicted octanol–water partition coefficient (Wildman–Crippen LogP) is 3.09. The Morgan fingerprint density at radius 3 is 2.52 bits per heavy atom. The lowest BCUT2D eigenvalue weighted by Gasteiger charge is -2.18. The molecule has 3 rings (SSSR count). The van der Waals surface area contributed by atoms with Gasteiger partial charge in [0.15, 0.2) is 0 Å². The highest BCUT2D eigenvalue weighted by atomic mass is 35.5. The van der Waals surface area contributed by atoms with Crippen molar-refractivity contribution in [3.05, 3.63) is 58.6 Å². The number of imide groups is 1. The van der Waals surface area contributed by atoms with Crippen molar-refractivity contribution >= 4 is 40.8 Å². The zero-order chi connectivity index (χ0) is 18.1. The van der Waals surface area contributed by atoms with Gasteiger partial charge in [-0.1, -0.05) is 17.7 Å². The van der Waals surface area contributed by atoms with Crippen LogP contribution in [0.15, 0.2) is 42.5 Å². The largest absolute Gasteiger partial charge is 0.478 e. The fourth-order valence-corrected chi connectivity index (χ4v) is 2.85. The van der Waals surface area contributed by atoms with E-state index in [9.17, 15) is 14.4 Å². The summed E-state index contributed by atoms with van der Waals surface area (Å²) in [6.07, 6.45) is -0.00179. The average molecular weight is 359 g/mol. The smallest absolute Gasteiger partial charge is 0.335 e. The van der Waals surface area contributed by atoms with Crippen LogP contribution in [0.4, 0.5) is 11.4 Å². The van der Waals surface area contributed by atoms with Gasteiger partial charge in [-0.25, -0.2) is 9.69 Å². The summed E-state index contributed by atoms with van der Waals surface area (Å²) in [4.78, 5) is 37.3. The zero-order valence-electron chi connectivity index (χ0n) is 13.3. The first-order chi connectivity index (χ1) is 11.9. The van der Waals surface area contributed by atoms with Crippen molar-refractivity contribution in [3.8, 4) is 0 Å². The van der Waals surface area contributed by atoms with E-state index >= 15 is 0 Å². The molecule has 1 heterocycles. The van der Waals surface area contributed by atoms with Crippen LogP contribution in [-0.2, 0) is 9.59 Å². The second-order valence-electron chi connectivity index (χ2n) is 5.78. The fraction of sp³-hybridized carbons (Fsp3) is 0.167. The number of hydrogen-bond donors (Lipinski definition) is 2. The van der Waals surface area contributed by atoms with Gasteiger partial charge in [-0.3, -0.25) is 9.59 Å². The van der Waals surface area contributed by atoms with E-state index in [1.165, 1.54) is 12.1 Å². The van der Waals surface area contributed by atoms with Gasteiger partial charge in [-0.05, 0) is 48.9 Å². The maximum Gasteiger partial charge on any atom is 0.335 e. The molecule has 0 aliphatic carbocycles. The molecule has 0 bridgehead atoms. The fourth-order valence-electron chi connectivity index (χ4n) is 2.73. The third-order valence-corrected chi connectivity index (χ3v) is 4.28. The van der Waals surface area contributed by atoms with Gasteiger partial charge in [0.25, 0.3) is 5.91 Å². The van der Waals surface area contributed by atoms with E-state index in [4.69, 9.17) is 16.7 Å². The van der Waals surface area contributed by atoms with Gasteiger partial charge in [0, 0.05) is 10.7 Å². The van der Waals surface area contributed by atoms with E-state index < -0.39 is 17.9 Å². The van der Waals surface area contributed by atoms with Crippen molar-refractivity contribution in [1.29, 1.82) is 0 Å². The first-order valence-corrected chi connectivity index (χ1v) is 7.97. The summed E-state index contributed by atoms with van der Waals surface area (Å²) in [6, 6.07) is 10.5. The molecule has 2 aromatic rings. The number of amides is 2. The Morgan fingerprint density at radius 2 is 1.88 bits per heavy atom. The van der Waals surface area contributed by atoms with Crippen molar-refractivity contribution in [2.75, 3.05) is 10.2 Å². The van der Waals surface area contributed by atoms with Gasteiger partial charge < -0.3 is 10.4 Å². The number of anilines is 2. The van der Waals surface area contributed by atoms with Crippen molar-refractivity contribution < 1.29 is 19.5 Å². The number of rotatable bonds is 4. The SMILES string of the molecule is Cc1ccc(C(=O)O)cc1N1C(=O)C[C@H](Nc2ccc(Cl)cc2)C1=O. The van der Waals surface area contributed by atoms with E-state index in [-0.39, 0.29) is 17.9 Å². The summed E-state index contributed by atoms with van der Waals surface area (Å²) in [7, 11) is 0. The second kappa shape index (κ2) is 6.57. The zero-order valence-corrected chi connectivity index (χ0v) is 14.1. The molecule has 0 spiro atoms. The van der Waals surface area contributed by atoms with Crippen LogP contribution in [0.2, 0.25) is 5.02 Å². The number of carboxylic acids is 1. The Kier molecular flexibility index (Phi) is 4.46. The van der Waals surface area contributed by atoms with Gasteiger partial charge in [-0.2, -0.15) is 0 Å². The highest BCUT2D eigenvalue weighted by Gasteiger charge is 2.40. The molecule has 0 saturated carbocycles. The lowest BCUT2D eigenvalue weighted by atomic mass is 10.1. The van der Waals surface area contributed by atoms with Gasteiger partial charge in [-0.15, -0.1) is 0 Å². The molecule has 1 saturated heterocycles. The van der Waals surface area contributed by atoms with Crippen LogP contribution in [0.5, 0.6) is 0 Å². The molecule has 1 aliphatic heterocycles. The number of carbonyl (C=O) groups excluding carboxylic acids is 2. The number of halogens is 1. The van der Waals surface area contributed by atoms with Gasteiger partial charge in [0.2, 0.25) is 5.91 Å². The third kappa shape index (κ3) is 3.34. The van der Waals surface area contributed by atoms with Crippen LogP contribution in [0.25, 0.3) is 0 Å². The second-order valence-corrected chi connectivity index (χ2v) is 6.22. The highest BCUT2D eigenvalue weighted by Crippen LogP contribution is 2.29.